The Kier molecular flexibility index (Phi) is 3.88. The van der Waals surface area contributed by atoms with E-state index in [-0.39, 0.29) is 20.7 Å². The zero-order valence-electron chi connectivity index (χ0n) is 9.41. The monoisotopic (exact) mass is 317 g/mol. The summed E-state index contributed by atoms with van der Waals surface area (Å²) in [4.78, 5) is 15.1. The first-order chi connectivity index (χ1) is 8.88. The number of nitrogens with zero attached hydrogens (tertiary/aromatic N) is 1. The Bertz CT molecular complexity index is 707. The zero-order chi connectivity index (χ0) is 14.0. The molecule has 2 rings (SSSR count). The molecule has 1 aromatic heterocycles. The van der Waals surface area contributed by atoms with E-state index in [2.05, 4.69) is 4.98 Å². The summed E-state index contributed by atoms with van der Waals surface area (Å²) in [6.07, 6.45) is 1.41. The Morgan fingerprint density at radius 3 is 2.42 bits per heavy atom. The highest BCUT2D eigenvalue weighted by atomic mass is 35.5. The molecule has 0 aliphatic carbocycles. The first-order valence-corrected chi connectivity index (χ1v) is 7.89. The number of carbonyl (C=O) groups is 1. The van der Waals surface area contributed by atoms with Crippen molar-refractivity contribution in [3.8, 4) is 0 Å². The number of aromatic nitrogens is 1. The molecule has 0 bridgehead atoms. The zero-order valence-corrected chi connectivity index (χ0v) is 11.8. The molecule has 2 aromatic rings. The molecule has 0 saturated carbocycles. The lowest BCUT2D eigenvalue weighted by atomic mass is 10.2. The maximum absolute atomic E-state index is 12.1. The van der Waals surface area contributed by atoms with Crippen molar-refractivity contribution >= 4 is 38.7 Å². The molecule has 0 radical (unpaired) electrons. The van der Waals surface area contributed by atoms with E-state index in [0.29, 0.717) is 4.88 Å². The van der Waals surface area contributed by atoms with Gasteiger partial charge in [-0.3, -0.25) is 0 Å². The Labute approximate surface area is 118 Å². The number of carboxylic acid groups (broad SMARTS) is 1. The number of aromatic carboxylic acids is 1. The van der Waals surface area contributed by atoms with Gasteiger partial charge in [0, 0.05) is 11.1 Å². The van der Waals surface area contributed by atoms with E-state index in [9.17, 15) is 13.2 Å². The van der Waals surface area contributed by atoms with Crippen LogP contribution in [0.4, 0.5) is 0 Å². The van der Waals surface area contributed by atoms with Crippen molar-refractivity contribution < 1.29 is 18.3 Å². The summed E-state index contributed by atoms with van der Waals surface area (Å²) in [7, 11) is -3.52. The number of hydrogen-bond donors (Lipinski definition) is 1. The molecule has 1 aromatic carbocycles. The average molecular weight is 318 g/mol. The summed E-state index contributed by atoms with van der Waals surface area (Å²) in [5.74, 6) is -1.30. The maximum atomic E-state index is 12.1. The Balaban J connectivity index is 2.26. The molecule has 0 unspecified atom stereocenters. The van der Waals surface area contributed by atoms with Crippen molar-refractivity contribution in [3.05, 3.63) is 45.4 Å². The summed E-state index contributed by atoms with van der Waals surface area (Å²) in [5.41, 5.74) is 0.0415. The SMILES string of the molecule is O=C(O)c1ccc(S(=O)(=O)Cc2cnc(Cl)s2)cc1. The van der Waals surface area contributed by atoms with Gasteiger partial charge in [0.2, 0.25) is 0 Å². The van der Waals surface area contributed by atoms with Crippen LogP contribution in [0.3, 0.4) is 0 Å². The fourth-order valence-electron chi connectivity index (χ4n) is 1.43. The second-order valence-corrected chi connectivity index (χ2v) is 7.36. The summed E-state index contributed by atoms with van der Waals surface area (Å²) in [6, 6.07) is 5.08. The van der Waals surface area contributed by atoms with Crippen LogP contribution in [-0.2, 0) is 15.6 Å². The first-order valence-electron chi connectivity index (χ1n) is 5.05. The molecule has 0 aliphatic heterocycles. The molecule has 0 atom stereocenters. The summed E-state index contributed by atoms with van der Waals surface area (Å²) >= 11 is 6.74. The topological polar surface area (TPSA) is 84.3 Å². The van der Waals surface area contributed by atoms with Gasteiger partial charge in [-0.05, 0) is 24.3 Å². The minimum atomic E-state index is -3.52. The van der Waals surface area contributed by atoms with Crippen LogP contribution in [0.1, 0.15) is 15.2 Å². The summed E-state index contributed by atoms with van der Waals surface area (Å²) in [5, 5.41) is 8.75. The Morgan fingerprint density at radius 1 is 1.32 bits per heavy atom. The van der Waals surface area contributed by atoms with Crippen LogP contribution in [-0.4, -0.2) is 24.5 Å². The number of halogens is 1. The lowest BCUT2D eigenvalue weighted by Crippen LogP contribution is -2.05. The van der Waals surface area contributed by atoms with Gasteiger partial charge in [-0.1, -0.05) is 11.6 Å². The van der Waals surface area contributed by atoms with Crippen LogP contribution < -0.4 is 0 Å². The van der Waals surface area contributed by atoms with Gasteiger partial charge >= 0.3 is 5.97 Å². The van der Waals surface area contributed by atoms with Gasteiger partial charge in [-0.15, -0.1) is 11.3 Å². The molecule has 0 spiro atoms. The van der Waals surface area contributed by atoms with Gasteiger partial charge in [-0.25, -0.2) is 18.2 Å². The Morgan fingerprint density at radius 2 is 1.95 bits per heavy atom. The quantitative estimate of drug-likeness (QED) is 0.936. The highest BCUT2D eigenvalue weighted by Crippen LogP contribution is 2.23. The largest absolute Gasteiger partial charge is 0.478 e. The second-order valence-electron chi connectivity index (χ2n) is 3.67. The van der Waals surface area contributed by atoms with E-state index in [1.54, 1.807) is 0 Å². The maximum Gasteiger partial charge on any atom is 0.335 e. The molecule has 0 saturated heterocycles. The first kappa shape index (κ1) is 14.0. The van der Waals surface area contributed by atoms with E-state index in [1.807, 2.05) is 0 Å². The van der Waals surface area contributed by atoms with Crippen molar-refractivity contribution in [1.82, 2.24) is 4.98 Å². The summed E-state index contributed by atoms with van der Waals surface area (Å²) in [6.45, 7) is 0. The third kappa shape index (κ3) is 3.31. The fraction of sp³-hybridized carbons (Fsp3) is 0.0909. The number of rotatable bonds is 4. The van der Waals surface area contributed by atoms with Crippen molar-refractivity contribution in [1.29, 1.82) is 0 Å². The molecule has 1 heterocycles. The molecule has 19 heavy (non-hydrogen) atoms. The predicted octanol–water partition coefficient (Wildman–Crippen LogP) is 2.47. The fourth-order valence-corrected chi connectivity index (χ4v) is 4.07. The number of carboxylic acids is 1. The van der Waals surface area contributed by atoms with Gasteiger partial charge in [0.1, 0.15) is 0 Å². The van der Waals surface area contributed by atoms with E-state index < -0.39 is 15.8 Å². The minimum Gasteiger partial charge on any atom is -0.478 e. The number of sulfone groups is 1. The molecule has 0 fully saturated rings. The molecule has 8 heteroatoms. The normalized spacial score (nSPS) is 11.4. The molecular weight excluding hydrogens is 310 g/mol. The van der Waals surface area contributed by atoms with Crippen LogP contribution in [0, 0.1) is 0 Å². The molecule has 0 amide bonds. The predicted molar refractivity (Wildman–Crippen MR) is 71.4 cm³/mol. The van der Waals surface area contributed by atoms with Crippen molar-refractivity contribution in [3.63, 3.8) is 0 Å². The molecule has 100 valence electrons. The van der Waals surface area contributed by atoms with Crippen LogP contribution >= 0.6 is 22.9 Å². The molecular formula is C11H8ClNO4S2. The van der Waals surface area contributed by atoms with Gasteiger partial charge in [-0.2, -0.15) is 0 Å². The van der Waals surface area contributed by atoms with E-state index in [4.69, 9.17) is 16.7 Å². The standard InChI is InChI=1S/C11H8ClNO4S2/c12-11-13-5-8(18-11)6-19(16,17)9-3-1-7(2-4-9)10(14)15/h1-5H,6H2,(H,14,15). The second kappa shape index (κ2) is 5.28. The summed E-state index contributed by atoms with van der Waals surface area (Å²) < 4.78 is 24.4. The van der Waals surface area contributed by atoms with Gasteiger partial charge in [0.25, 0.3) is 0 Å². The number of thiazole rings is 1. The average Bonchev–Trinajstić information content (AvgIpc) is 2.74. The van der Waals surface area contributed by atoms with Crippen molar-refractivity contribution in [2.24, 2.45) is 0 Å². The van der Waals surface area contributed by atoms with Crippen LogP contribution in [0.25, 0.3) is 0 Å². The van der Waals surface area contributed by atoms with Crippen LogP contribution in [0.2, 0.25) is 4.47 Å². The van der Waals surface area contributed by atoms with Crippen molar-refractivity contribution in [2.45, 2.75) is 10.6 Å². The molecule has 1 N–H and O–H groups in total. The third-order valence-corrected chi connectivity index (χ3v) is 5.30. The van der Waals surface area contributed by atoms with Gasteiger partial charge in [0.15, 0.2) is 14.3 Å². The lowest BCUT2D eigenvalue weighted by molar-refractivity contribution is 0.0697. The third-order valence-electron chi connectivity index (χ3n) is 2.32. The lowest BCUT2D eigenvalue weighted by Gasteiger charge is -2.03. The van der Waals surface area contributed by atoms with E-state index in [0.717, 1.165) is 11.3 Å². The van der Waals surface area contributed by atoms with Gasteiger partial charge < -0.3 is 5.11 Å². The Hall–Kier alpha value is -1.44. The number of hydrogen-bond acceptors (Lipinski definition) is 5. The van der Waals surface area contributed by atoms with Crippen LogP contribution in [0.5, 0.6) is 0 Å². The van der Waals surface area contributed by atoms with Crippen LogP contribution in [0.15, 0.2) is 35.4 Å². The number of benzene rings is 1. The molecule has 5 nitrogen and oxygen atoms in total. The van der Waals surface area contributed by atoms with E-state index >= 15 is 0 Å². The van der Waals surface area contributed by atoms with Crippen molar-refractivity contribution in [2.75, 3.05) is 0 Å². The smallest absolute Gasteiger partial charge is 0.335 e. The minimum absolute atomic E-state index is 0.0415. The molecule has 0 aliphatic rings. The van der Waals surface area contributed by atoms with E-state index in [1.165, 1.54) is 30.5 Å². The highest BCUT2D eigenvalue weighted by Gasteiger charge is 2.17. The highest BCUT2D eigenvalue weighted by molar-refractivity contribution is 7.90. The van der Waals surface area contributed by atoms with Gasteiger partial charge in [0.05, 0.1) is 16.2 Å².